The second-order valence-corrected chi connectivity index (χ2v) is 8.29. The second-order valence-electron chi connectivity index (χ2n) is 8.29. The molecule has 0 spiro atoms. The molecule has 2 N–H and O–H groups in total. The molecule has 0 radical (unpaired) electrons. The van der Waals surface area contributed by atoms with Crippen LogP contribution in [0.5, 0.6) is 0 Å². The molecule has 11 nitrogen and oxygen atoms in total. The van der Waals surface area contributed by atoms with Crippen molar-refractivity contribution in [1.29, 1.82) is 0 Å². The molecule has 5 rings (SSSR count). The topological polar surface area (TPSA) is 126 Å². The van der Waals surface area contributed by atoms with Gasteiger partial charge >= 0.3 is 6.03 Å². The molecular weight excluding hydrogens is 453 g/mol. The van der Waals surface area contributed by atoms with E-state index in [2.05, 4.69) is 20.2 Å². The smallest absolute Gasteiger partial charge is 0.341 e. The molecule has 2 aliphatic heterocycles. The van der Waals surface area contributed by atoms with Crippen LogP contribution in [0.3, 0.4) is 0 Å². The van der Waals surface area contributed by atoms with Crippen LogP contribution in [0.1, 0.15) is 18.0 Å². The number of hydrazone groups is 1. The molecule has 3 amide bonds. The number of carbonyl (C=O) groups excluding carboxylic acids is 2. The molecule has 1 saturated heterocycles. The van der Waals surface area contributed by atoms with Crippen LogP contribution in [0.4, 0.5) is 15.1 Å². The van der Waals surface area contributed by atoms with Crippen LogP contribution >= 0.6 is 0 Å². The summed E-state index contributed by atoms with van der Waals surface area (Å²) in [6, 6.07) is 11.2. The van der Waals surface area contributed by atoms with E-state index in [4.69, 9.17) is 5.73 Å². The summed E-state index contributed by atoms with van der Waals surface area (Å²) in [7, 11) is 0. The summed E-state index contributed by atoms with van der Waals surface area (Å²) in [5, 5.41) is 10.0. The first-order valence-electron chi connectivity index (χ1n) is 11.2. The van der Waals surface area contributed by atoms with Gasteiger partial charge in [0.15, 0.2) is 5.82 Å². The number of halogens is 1. The molecule has 3 aromatic rings. The van der Waals surface area contributed by atoms with Gasteiger partial charge in [-0.15, -0.1) is 0 Å². The zero-order valence-corrected chi connectivity index (χ0v) is 18.9. The van der Waals surface area contributed by atoms with Gasteiger partial charge in [-0.2, -0.15) is 10.2 Å². The number of piperazine rings is 1. The van der Waals surface area contributed by atoms with Crippen LogP contribution in [0, 0.1) is 5.82 Å². The van der Waals surface area contributed by atoms with Gasteiger partial charge in [-0.05, 0) is 11.6 Å². The van der Waals surface area contributed by atoms with Gasteiger partial charge in [-0.3, -0.25) is 9.48 Å². The highest BCUT2D eigenvalue weighted by atomic mass is 19.1. The van der Waals surface area contributed by atoms with Crippen molar-refractivity contribution >= 4 is 24.1 Å². The van der Waals surface area contributed by atoms with Gasteiger partial charge < -0.3 is 15.5 Å². The highest BCUT2D eigenvalue weighted by Gasteiger charge is 2.33. The molecule has 0 saturated carbocycles. The van der Waals surface area contributed by atoms with Crippen LogP contribution in [0.2, 0.25) is 0 Å². The van der Waals surface area contributed by atoms with Gasteiger partial charge in [-0.1, -0.05) is 30.3 Å². The van der Waals surface area contributed by atoms with Crippen LogP contribution in [0.15, 0.2) is 53.9 Å². The van der Waals surface area contributed by atoms with Crippen molar-refractivity contribution in [2.45, 2.75) is 19.0 Å². The summed E-state index contributed by atoms with van der Waals surface area (Å²) in [6.07, 6.45) is 5.09. The zero-order chi connectivity index (χ0) is 24.4. The lowest BCUT2D eigenvalue weighted by molar-refractivity contribution is -0.118. The minimum atomic E-state index is -0.620. The fraction of sp³-hybridized carbons (Fsp3) is 0.304. The Balaban J connectivity index is 1.25. The summed E-state index contributed by atoms with van der Waals surface area (Å²) < 4.78 is 15.8. The fourth-order valence-corrected chi connectivity index (χ4v) is 4.22. The third-order valence-corrected chi connectivity index (χ3v) is 5.98. The number of nitrogens with two attached hydrogens (primary N) is 1. The third kappa shape index (κ3) is 4.67. The summed E-state index contributed by atoms with van der Waals surface area (Å²) >= 11 is 0. The Labute approximate surface area is 200 Å². The maximum absolute atomic E-state index is 14.5. The van der Waals surface area contributed by atoms with Gasteiger partial charge in [0.25, 0.3) is 0 Å². The van der Waals surface area contributed by atoms with Crippen LogP contribution < -0.4 is 10.6 Å². The molecule has 4 heterocycles. The Morgan fingerprint density at radius 3 is 2.60 bits per heavy atom. The van der Waals surface area contributed by atoms with Gasteiger partial charge in [0.1, 0.15) is 17.9 Å². The highest BCUT2D eigenvalue weighted by molar-refractivity contribution is 5.78. The maximum Gasteiger partial charge on any atom is 0.341 e. The van der Waals surface area contributed by atoms with E-state index in [0.717, 1.165) is 11.8 Å². The van der Waals surface area contributed by atoms with E-state index in [9.17, 15) is 14.0 Å². The first-order chi connectivity index (χ1) is 17.0. The van der Waals surface area contributed by atoms with Gasteiger partial charge in [0, 0.05) is 45.0 Å². The van der Waals surface area contributed by atoms with Gasteiger partial charge in [0.2, 0.25) is 11.9 Å². The lowest BCUT2D eigenvalue weighted by Gasteiger charge is -2.37. The van der Waals surface area contributed by atoms with Crippen molar-refractivity contribution in [3.8, 4) is 11.4 Å². The Morgan fingerprint density at radius 2 is 1.86 bits per heavy atom. The largest absolute Gasteiger partial charge is 0.368 e. The van der Waals surface area contributed by atoms with E-state index in [0.29, 0.717) is 38.5 Å². The number of aromatic nitrogens is 4. The molecule has 1 aromatic carbocycles. The van der Waals surface area contributed by atoms with Crippen molar-refractivity contribution in [2.75, 3.05) is 31.1 Å². The summed E-state index contributed by atoms with van der Waals surface area (Å²) in [5.41, 5.74) is 6.55. The summed E-state index contributed by atoms with van der Waals surface area (Å²) in [5.74, 6) is -0.823. The lowest BCUT2D eigenvalue weighted by Crippen LogP contribution is -2.52. The van der Waals surface area contributed by atoms with E-state index in [-0.39, 0.29) is 30.0 Å². The molecule has 0 bridgehead atoms. The zero-order valence-electron chi connectivity index (χ0n) is 18.9. The average molecular weight is 478 g/mol. The number of amides is 3. The molecule has 0 aliphatic carbocycles. The monoisotopic (exact) mass is 477 g/mol. The summed E-state index contributed by atoms with van der Waals surface area (Å²) in [6.45, 7) is 1.77. The van der Waals surface area contributed by atoms with Gasteiger partial charge in [-0.25, -0.2) is 24.2 Å². The Bertz CT molecular complexity index is 1250. The molecule has 2 aliphatic rings. The minimum absolute atomic E-state index is 0.0360. The first kappa shape index (κ1) is 22.4. The predicted octanol–water partition coefficient (Wildman–Crippen LogP) is 1.64. The number of carbonyl (C=O) groups is 2. The quantitative estimate of drug-likeness (QED) is 0.595. The predicted molar refractivity (Wildman–Crippen MR) is 126 cm³/mol. The standard InChI is InChI=1S/C23H24FN9O2/c24-17-14-26-22(28-21(17)18-7-9-32(29-18)15-20(25)34)30-10-12-31(13-11-30)23(35)33-19(6-8-27-33)16-4-2-1-3-5-16/h1-5,7-9,14,19H,6,10-13,15H2,(H2,25,34)/t19-/m0/s1. The van der Waals surface area contributed by atoms with Crippen molar-refractivity contribution in [2.24, 2.45) is 10.8 Å². The molecular formula is C23H24FN9O2. The average Bonchev–Trinajstić information content (AvgIpc) is 3.54. The summed E-state index contributed by atoms with van der Waals surface area (Å²) in [4.78, 5) is 36.4. The Morgan fingerprint density at radius 1 is 1.09 bits per heavy atom. The number of primary amides is 1. The third-order valence-electron chi connectivity index (χ3n) is 5.98. The molecule has 180 valence electrons. The lowest BCUT2D eigenvalue weighted by atomic mass is 10.1. The highest BCUT2D eigenvalue weighted by Crippen LogP contribution is 2.29. The van der Waals surface area contributed by atoms with E-state index in [1.54, 1.807) is 22.2 Å². The Kier molecular flexibility index (Phi) is 6.08. The Hall–Kier alpha value is -4.35. The van der Waals surface area contributed by atoms with E-state index in [1.807, 2.05) is 35.2 Å². The minimum Gasteiger partial charge on any atom is -0.368 e. The van der Waals surface area contributed by atoms with E-state index < -0.39 is 11.7 Å². The molecule has 35 heavy (non-hydrogen) atoms. The van der Waals surface area contributed by atoms with Crippen LogP contribution in [-0.2, 0) is 11.3 Å². The van der Waals surface area contributed by atoms with E-state index in [1.165, 1.54) is 10.9 Å². The van der Waals surface area contributed by atoms with Crippen molar-refractivity contribution in [3.05, 3.63) is 60.2 Å². The van der Waals surface area contributed by atoms with Crippen molar-refractivity contribution in [1.82, 2.24) is 29.7 Å². The van der Waals surface area contributed by atoms with Crippen molar-refractivity contribution in [3.63, 3.8) is 0 Å². The SMILES string of the molecule is NC(=O)Cn1ccc(-c2nc(N3CCN(C(=O)N4N=CC[C@H]4c4ccccc4)CC3)ncc2F)n1. The van der Waals surface area contributed by atoms with Crippen molar-refractivity contribution < 1.29 is 14.0 Å². The second kappa shape index (κ2) is 9.49. The normalized spacial score (nSPS) is 17.7. The number of benzene rings is 1. The molecule has 1 fully saturated rings. The fourth-order valence-electron chi connectivity index (χ4n) is 4.22. The number of rotatable bonds is 5. The molecule has 0 unspecified atom stereocenters. The number of urea groups is 1. The number of hydrogen-bond acceptors (Lipinski definition) is 7. The van der Waals surface area contributed by atoms with Gasteiger partial charge in [0.05, 0.1) is 12.2 Å². The van der Waals surface area contributed by atoms with Crippen LogP contribution in [0.25, 0.3) is 11.4 Å². The maximum atomic E-state index is 14.5. The molecule has 2 aromatic heterocycles. The van der Waals surface area contributed by atoms with Crippen LogP contribution in [-0.4, -0.2) is 74.0 Å². The molecule has 1 atom stereocenters. The van der Waals surface area contributed by atoms with E-state index >= 15 is 0 Å². The molecule has 12 heteroatoms. The number of hydrogen-bond donors (Lipinski definition) is 1. The number of nitrogens with zero attached hydrogens (tertiary/aromatic N) is 8. The first-order valence-corrected chi connectivity index (χ1v) is 11.2. The number of anilines is 1.